The van der Waals surface area contributed by atoms with Crippen LogP contribution in [-0.4, -0.2) is 33.0 Å². The molecule has 3 aromatic rings. The van der Waals surface area contributed by atoms with Crippen molar-refractivity contribution in [2.24, 2.45) is 4.99 Å². The highest BCUT2D eigenvalue weighted by atomic mass is 35.5. The van der Waals surface area contributed by atoms with Gasteiger partial charge in [-0.25, -0.2) is 0 Å². The molecule has 1 N–H and O–H groups in total. The molecule has 0 radical (unpaired) electrons. The highest BCUT2D eigenvalue weighted by Crippen LogP contribution is 2.34. The lowest BCUT2D eigenvalue weighted by atomic mass is 9.90. The van der Waals surface area contributed by atoms with E-state index in [0.29, 0.717) is 17.1 Å². The summed E-state index contributed by atoms with van der Waals surface area (Å²) in [5.41, 5.74) is 7.79. The van der Waals surface area contributed by atoms with Crippen LogP contribution in [0.25, 0.3) is 0 Å². The lowest BCUT2D eigenvalue weighted by molar-refractivity contribution is 0.0951. The van der Waals surface area contributed by atoms with E-state index in [4.69, 9.17) is 16.6 Å². The molecule has 0 fully saturated rings. The smallest absolute Gasteiger partial charge is 0.253 e. The first kappa shape index (κ1) is 24.3. The maximum Gasteiger partial charge on any atom is 0.253 e. The monoisotopic (exact) mass is 499 g/mol. The number of halogens is 1. The van der Waals surface area contributed by atoms with E-state index in [-0.39, 0.29) is 11.9 Å². The zero-order chi connectivity index (χ0) is 24.9. The first-order valence-corrected chi connectivity index (χ1v) is 12.8. The van der Waals surface area contributed by atoms with Gasteiger partial charge in [0.2, 0.25) is 0 Å². The summed E-state index contributed by atoms with van der Waals surface area (Å²) in [4.78, 5) is 28.4. The second kappa shape index (κ2) is 11.1. The van der Waals surface area contributed by atoms with Crippen molar-refractivity contribution in [3.05, 3.63) is 106 Å². The van der Waals surface area contributed by atoms with Crippen molar-refractivity contribution < 1.29 is 4.79 Å². The molecule has 1 aromatic carbocycles. The minimum atomic E-state index is -0.206. The van der Waals surface area contributed by atoms with Gasteiger partial charge in [-0.2, -0.15) is 0 Å². The Bertz CT molecular complexity index is 1300. The van der Waals surface area contributed by atoms with Crippen molar-refractivity contribution in [2.45, 2.75) is 51.7 Å². The van der Waals surface area contributed by atoms with Crippen molar-refractivity contribution in [3.8, 4) is 0 Å². The van der Waals surface area contributed by atoms with E-state index in [1.165, 1.54) is 40.7 Å². The van der Waals surface area contributed by atoms with Gasteiger partial charge in [0.1, 0.15) is 0 Å². The number of nitrogens with one attached hydrogen (secondary N) is 1. The molecular formula is C29H30ClN5O. The van der Waals surface area contributed by atoms with E-state index in [9.17, 15) is 4.79 Å². The second-order valence-corrected chi connectivity index (χ2v) is 9.97. The molecule has 6 nitrogen and oxygen atoms in total. The Labute approximate surface area is 217 Å². The van der Waals surface area contributed by atoms with E-state index < -0.39 is 0 Å². The number of hydrogen-bond acceptors (Lipinski definition) is 5. The van der Waals surface area contributed by atoms with Crippen LogP contribution in [0.15, 0.2) is 77.8 Å². The van der Waals surface area contributed by atoms with Crippen molar-refractivity contribution in [1.29, 1.82) is 0 Å². The van der Waals surface area contributed by atoms with Gasteiger partial charge in [-0.15, -0.1) is 0 Å². The molecule has 2 aliphatic rings. The summed E-state index contributed by atoms with van der Waals surface area (Å²) in [6.45, 7) is 4.22. The fraction of sp³-hybridized carbons (Fsp3) is 0.310. The van der Waals surface area contributed by atoms with Crippen LogP contribution in [0.1, 0.15) is 65.0 Å². The Balaban J connectivity index is 1.28. The number of fused-ring (bicyclic) bond motifs is 1. The molecule has 2 aromatic heterocycles. The fourth-order valence-corrected chi connectivity index (χ4v) is 5.20. The summed E-state index contributed by atoms with van der Waals surface area (Å²) in [5, 5.41) is 3.29. The molecule has 1 amide bonds. The zero-order valence-corrected chi connectivity index (χ0v) is 21.2. The largest absolute Gasteiger partial charge is 0.348 e. The molecule has 7 heteroatoms. The van der Waals surface area contributed by atoms with E-state index >= 15 is 0 Å². The van der Waals surface area contributed by atoms with E-state index in [1.807, 2.05) is 18.5 Å². The van der Waals surface area contributed by atoms with Crippen LogP contribution in [0.2, 0.25) is 5.02 Å². The maximum atomic E-state index is 12.5. The molecule has 5 rings (SSSR count). The molecule has 0 saturated heterocycles. The fourth-order valence-electron chi connectivity index (χ4n) is 5.00. The predicted octanol–water partition coefficient (Wildman–Crippen LogP) is 5.69. The molecule has 1 unspecified atom stereocenters. The predicted molar refractivity (Wildman–Crippen MR) is 143 cm³/mol. The van der Waals surface area contributed by atoms with Gasteiger partial charge < -0.3 is 5.32 Å². The van der Waals surface area contributed by atoms with Crippen molar-refractivity contribution >= 4 is 23.2 Å². The molecule has 1 aliphatic carbocycles. The van der Waals surface area contributed by atoms with Gasteiger partial charge in [0.15, 0.2) is 0 Å². The molecule has 0 spiro atoms. The van der Waals surface area contributed by atoms with Gasteiger partial charge in [-0.1, -0.05) is 41.9 Å². The highest BCUT2D eigenvalue weighted by Gasteiger charge is 2.28. The van der Waals surface area contributed by atoms with Crippen LogP contribution in [0.4, 0.5) is 0 Å². The number of allylic oxidation sites excluding steroid dienone is 1. The Morgan fingerprint density at radius 1 is 1.11 bits per heavy atom. The van der Waals surface area contributed by atoms with Crippen molar-refractivity contribution in [2.75, 3.05) is 6.54 Å². The average Bonchev–Trinajstić information content (AvgIpc) is 3.32. The Morgan fingerprint density at radius 2 is 1.94 bits per heavy atom. The molecule has 3 heterocycles. The average molecular weight is 500 g/mol. The molecular weight excluding hydrogens is 470 g/mol. The number of benzene rings is 1. The van der Waals surface area contributed by atoms with E-state index in [2.05, 4.69) is 57.4 Å². The lowest BCUT2D eigenvalue weighted by Crippen LogP contribution is -2.35. The zero-order valence-electron chi connectivity index (χ0n) is 20.5. The number of hydrogen-bond donors (Lipinski definition) is 1. The molecule has 36 heavy (non-hydrogen) atoms. The van der Waals surface area contributed by atoms with Crippen LogP contribution < -0.4 is 5.32 Å². The number of pyridine rings is 2. The summed E-state index contributed by atoms with van der Waals surface area (Å²) in [6, 6.07) is 14.6. The molecule has 0 bridgehead atoms. The Kier molecular flexibility index (Phi) is 7.54. The molecule has 0 saturated carbocycles. The first-order chi connectivity index (χ1) is 17.6. The Hall–Kier alpha value is -3.35. The minimum absolute atomic E-state index is 0.206. The third kappa shape index (κ3) is 5.72. The maximum absolute atomic E-state index is 12.5. The number of carbonyl (C=O) groups excluding carboxylic acids is 1. The van der Waals surface area contributed by atoms with Crippen LogP contribution >= 0.6 is 11.6 Å². The minimum Gasteiger partial charge on any atom is -0.348 e. The third-order valence-corrected chi connectivity index (χ3v) is 7.12. The van der Waals surface area contributed by atoms with Gasteiger partial charge >= 0.3 is 0 Å². The van der Waals surface area contributed by atoms with Gasteiger partial charge in [-0.05, 0) is 60.6 Å². The number of aryl methyl sites for hydroxylation is 1. The van der Waals surface area contributed by atoms with Gasteiger partial charge in [0.25, 0.3) is 5.91 Å². The normalized spacial score (nSPS) is 16.9. The highest BCUT2D eigenvalue weighted by molar-refractivity contribution is 6.33. The number of carbonyl (C=O) groups is 1. The Morgan fingerprint density at radius 3 is 2.72 bits per heavy atom. The van der Waals surface area contributed by atoms with E-state index in [0.717, 1.165) is 37.9 Å². The summed E-state index contributed by atoms with van der Waals surface area (Å²) in [6.07, 6.45) is 11.3. The van der Waals surface area contributed by atoms with E-state index in [1.54, 1.807) is 12.3 Å². The van der Waals surface area contributed by atoms with Gasteiger partial charge in [0.05, 0.1) is 22.3 Å². The summed E-state index contributed by atoms with van der Waals surface area (Å²) < 4.78 is 0. The summed E-state index contributed by atoms with van der Waals surface area (Å²) in [7, 11) is 0. The van der Waals surface area contributed by atoms with Crippen molar-refractivity contribution in [3.63, 3.8) is 0 Å². The van der Waals surface area contributed by atoms with Gasteiger partial charge in [-0.3, -0.25) is 24.7 Å². The standard InChI is InChI=1S/C29H30ClN5O/c1-20-14-24(33-15-20)19-35(27-6-2-4-23-5-3-12-32-28(23)27)18-22-9-7-21(8-10-22)16-34-29(36)25-11-13-31-17-26(25)30/h3,5,7-13,15,17,27H,2,4,6,14,16,18-19H2,1H3,(H,34,36). The van der Waals surface area contributed by atoms with Crippen LogP contribution in [0.5, 0.6) is 0 Å². The number of nitrogens with zero attached hydrogens (tertiary/aromatic N) is 4. The summed E-state index contributed by atoms with van der Waals surface area (Å²) >= 11 is 6.09. The molecule has 184 valence electrons. The van der Waals surface area contributed by atoms with Gasteiger partial charge in [0, 0.05) is 56.6 Å². The first-order valence-electron chi connectivity index (χ1n) is 12.4. The third-order valence-electron chi connectivity index (χ3n) is 6.82. The van der Waals surface area contributed by atoms with Crippen LogP contribution in [0.3, 0.4) is 0 Å². The van der Waals surface area contributed by atoms with Crippen LogP contribution in [0, 0.1) is 0 Å². The number of aromatic nitrogens is 2. The van der Waals surface area contributed by atoms with Crippen molar-refractivity contribution in [1.82, 2.24) is 20.2 Å². The summed E-state index contributed by atoms with van der Waals surface area (Å²) in [5.74, 6) is -0.206. The SMILES string of the molecule is CC1=CN=C(CN(Cc2ccc(CNC(=O)c3ccncc3Cl)cc2)C2CCCc3cccnc32)C1. The quantitative estimate of drug-likeness (QED) is 0.432. The second-order valence-electron chi connectivity index (χ2n) is 9.56. The topological polar surface area (TPSA) is 70.5 Å². The number of rotatable bonds is 8. The lowest BCUT2D eigenvalue weighted by Gasteiger charge is -2.35. The molecule has 1 atom stereocenters. The number of aliphatic imine (C=N–C) groups is 1. The molecule has 1 aliphatic heterocycles. The number of amides is 1. The van der Waals surface area contributed by atoms with Crippen LogP contribution in [-0.2, 0) is 19.5 Å².